The van der Waals surface area contributed by atoms with Crippen LogP contribution in [0.3, 0.4) is 0 Å². The van der Waals surface area contributed by atoms with Gasteiger partial charge in [0.05, 0.1) is 27.8 Å². The van der Waals surface area contributed by atoms with Crippen LogP contribution in [-0.2, 0) is 5.41 Å². The zero-order chi connectivity index (χ0) is 49.9. The molecule has 1 atom stereocenters. The van der Waals surface area contributed by atoms with Crippen molar-refractivity contribution in [2.75, 3.05) is 4.90 Å². The van der Waals surface area contributed by atoms with E-state index >= 15 is 0 Å². The monoisotopic (exact) mass is 966 g/mol. The molecule has 0 aliphatic heterocycles. The highest BCUT2D eigenvalue weighted by Gasteiger charge is 2.52. The van der Waals surface area contributed by atoms with Gasteiger partial charge in [0.2, 0.25) is 0 Å². The molecular formula is C73H46N2O. The highest BCUT2D eigenvalue weighted by atomic mass is 16.3. The lowest BCUT2D eigenvalue weighted by Gasteiger charge is -2.31. The Kier molecular flexibility index (Phi) is 9.25. The van der Waals surface area contributed by atoms with Crippen molar-refractivity contribution in [1.29, 1.82) is 0 Å². The van der Waals surface area contributed by atoms with Gasteiger partial charge in [0, 0.05) is 38.5 Å². The molecule has 12 aromatic carbocycles. The minimum Gasteiger partial charge on any atom is -0.456 e. The summed E-state index contributed by atoms with van der Waals surface area (Å²) in [4.78, 5) is 2.52. The lowest BCUT2D eigenvalue weighted by Crippen LogP contribution is -2.25. The Morgan fingerprint density at radius 1 is 0.329 bits per heavy atom. The van der Waals surface area contributed by atoms with Gasteiger partial charge in [0.15, 0.2) is 0 Å². The van der Waals surface area contributed by atoms with Crippen LogP contribution in [0.4, 0.5) is 17.1 Å². The average molecular weight is 967 g/mol. The number of hydrogen-bond donors (Lipinski definition) is 0. The van der Waals surface area contributed by atoms with Gasteiger partial charge in [-0.1, -0.05) is 212 Å². The Bertz CT molecular complexity index is 4640. The van der Waals surface area contributed by atoms with E-state index in [9.17, 15) is 0 Å². The van der Waals surface area contributed by atoms with Crippen molar-refractivity contribution >= 4 is 60.8 Å². The normalized spacial score (nSPS) is 14.1. The first-order valence-electron chi connectivity index (χ1n) is 26.2. The first-order chi connectivity index (χ1) is 37.7. The van der Waals surface area contributed by atoms with Crippen LogP contribution < -0.4 is 4.90 Å². The number of furan rings is 1. The molecule has 0 bridgehead atoms. The second-order valence-corrected chi connectivity index (χ2v) is 20.3. The topological polar surface area (TPSA) is 21.3 Å². The van der Waals surface area contributed by atoms with Gasteiger partial charge in [-0.05, 0) is 139 Å². The van der Waals surface area contributed by atoms with Crippen LogP contribution in [0.25, 0.3) is 105 Å². The molecule has 1 unspecified atom stereocenters. The molecule has 2 aliphatic rings. The Balaban J connectivity index is 0.987. The summed E-state index contributed by atoms with van der Waals surface area (Å²) in [5.41, 5.74) is 25.0. The first kappa shape index (κ1) is 42.5. The molecule has 0 saturated heterocycles. The summed E-state index contributed by atoms with van der Waals surface area (Å²) in [6.45, 7) is 0. The standard InChI is InChI=1S/C73H46N2O/c1-4-21-47(22-5-1)50-43-51(49-39-40-56-55-28-10-15-33-61(55)73(64(56)46-49)62-34-16-11-30-59(62)70-63(73)41-42-69-71(70)60-31-14-19-38-68(60)76-69)45-53(44-50)74(65-35-17-12-27-54(65)48-23-6-2-7-24-48)67-37-20-32-58-57-29-13-18-36-66(57)75(72(58)67)52-25-8-3-9-26-52/h1-46H. The number of fused-ring (bicyclic) bond motifs is 17. The number of benzene rings is 12. The van der Waals surface area contributed by atoms with Crippen LogP contribution in [0.2, 0.25) is 0 Å². The molecule has 0 radical (unpaired) electrons. The Labute approximate surface area is 440 Å². The number of para-hydroxylation sites is 5. The first-order valence-corrected chi connectivity index (χ1v) is 26.2. The molecule has 16 rings (SSSR count). The summed E-state index contributed by atoms with van der Waals surface area (Å²) in [5.74, 6) is 0. The summed E-state index contributed by atoms with van der Waals surface area (Å²) < 4.78 is 9.05. The van der Waals surface area contributed by atoms with Crippen molar-refractivity contribution in [3.8, 4) is 61.3 Å². The van der Waals surface area contributed by atoms with E-state index in [1.807, 2.05) is 0 Å². The van der Waals surface area contributed by atoms with Gasteiger partial charge >= 0.3 is 0 Å². The number of rotatable bonds is 7. The fourth-order valence-electron chi connectivity index (χ4n) is 13.3. The zero-order valence-corrected chi connectivity index (χ0v) is 41.4. The molecule has 0 N–H and O–H groups in total. The third-order valence-electron chi connectivity index (χ3n) is 16.4. The second-order valence-electron chi connectivity index (χ2n) is 20.3. The van der Waals surface area contributed by atoms with Gasteiger partial charge in [-0.15, -0.1) is 0 Å². The molecular weight excluding hydrogens is 921 g/mol. The molecule has 1 spiro atoms. The van der Waals surface area contributed by atoms with Crippen LogP contribution in [0.5, 0.6) is 0 Å². The quantitative estimate of drug-likeness (QED) is 0.159. The van der Waals surface area contributed by atoms with Gasteiger partial charge in [-0.2, -0.15) is 0 Å². The number of anilines is 3. The Morgan fingerprint density at radius 2 is 0.921 bits per heavy atom. The lowest BCUT2D eigenvalue weighted by atomic mass is 9.70. The minimum atomic E-state index is -0.568. The van der Waals surface area contributed by atoms with Crippen LogP contribution in [-0.4, -0.2) is 4.57 Å². The van der Waals surface area contributed by atoms with Gasteiger partial charge in [-0.3, -0.25) is 0 Å². The van der Waals surface area contributed by atoms with Crippen LogP contribution in [0.1, 0.15) is 22.3 Å². The maximum Gasteiger partial charge on any atom is 0.136 e. The second kappa shape index (κ2) is 16.5. The zero-order valence-electron chi connectivity index (χ0n) is 41.4. The maximum absolute atomic E-state index is 6.60. The van der Waals surface area contributed by atoms with Crippen LogP contribution in [0.15, 0.2) is 283 Å². The summed E-state index contributed by atoms with van der Waals surface area (Å²) in [7, 11) is 0. The Hall–Kier alpha value is -9.96. The van der Waals surface area contributed by atoms with E-state index in [2.05, 4.69) is 289 Å². The third-order valence-corrected chi connectivity index (χ3v) is 16.4. The van der Waals surface area contributed by atoms with Gasteiger partial charge in [-0.25, -0.2) is 0 Å². The minimum absolute atomic E-state index is 0.568. The van der Waals surface area contributed by atoms with Crippen molar-refractivity contribution in [2.24, 2.45) is 0 Å². The fourth-order valence-corrected chi connectivity index (χ4v) is 13.3. The van der Waals surface area contributed by atoms with Crippen LogP contribution in [0, 0.1) is 0 Å². The van der Waals surface area contributed by atoms with E-state index in [1.54, 1.807) is 0 Å². The molecule has 0 saturated carbocycles. The molecule has 14 aromatic rings. The predicted molar refractivity (Wildman–Crippen MR) is 315 cm³/mol. The number of hydrogen-bond acceptors (Lipinski definition) is 2. The summed E-state index contributed by atoms with van der Waals surface area (Å²) >= 11 is 0. The van der Waals surface area contributed by atoms with Gasteiger partial charge in [0.1, 0.15) is 11.2 Å². The predicted octanol–water partition coefficient (Wildman–Crippen LogP) is 19.5. The molecule has 0 amide bonds. The molecule has 3 nitrogen and oxygen atoms in total. The van der Waals surface area contributed by atoms with Crippen molar-refractivity contribution in [3.63, 3.8) is 0 Å². The van der Waals surface area contributed by atoms with Crippen molar-refractivity contribution in [1.82, 2.24) is 4.57 Å². The van der Waals surface area contributed by atoms with E-state index in [-0.39, 0.29) is 0 Å². The van der Waals surface area contributed by atoms with Crippen molar-refractivity contribution < 1.29 is 4.42 Å². The van der Waals surface area contributed by atoms with E-state index in [0.29, 0.717) is 0 Å². The van der Waals surface area contributed by atoms with E-state index in [4.69, 9.17) is 4.42 Å². The molecule has 2 heterocycles. The summed E-state index contributed by atoms with van der Waals surface area (Å²) in [6.07, 6.45) is 0. The molecule has 2 aliphatic carbocycles. The largest absolute Gasteiger partial charge is 0.456 e. The third kappa shape index (κ3) is 6.05. The smallest absolute Gasteiger partial charge is 0.136 e. The molecule has 0 fully saturated rings. The van der Waals surface area contributed by atoms with Crippen molar-refractivity contribution in [3.05, 3.63) is 301 Å². The average Bonchev–Trinajstić information content (AvgIpc) is 4.41. The number of nitrogens with zero attached hydrogens (tertiary/aromatic N) is 2. The highest BCUT2D eigenvalue weighted by molar-refractivity contribution is 6.17. The van der Waals surface area contributed by atoms with E-state index in [1.165, 1.54) is 60.7 Å². The molecule has 354 valence electrons. The molecule has 2 aromatic heterocycles. The number of aromatic nitrogens is 1. The Morgan fingerprint density at radius 3 is 1.72 bits per heavy atom. The SMILES string of the molecule is c1ccc(-c2cc(-c3ccc4c(c3)C3(c5ccccc5-4)c4ccccc4-c4c3ccc3oc5ccccc5c43)cc(N(c3ccccc3-c3ccccc3)c3cccc4c5ccccc5n(-c5ccccc5)c34)c2)cc1. The summed E-state index contributed by atoms with van der Waals surface area (Å²) in [5, 5.41) is 4.73. The van der Waals surface area contributed by atoms with Crippen LogP contribution >= 0.6 is 0 Å². The lowest BCUT2D eigenvalue weighted by molar-refractivity contribution is 0.668. The fraction of sp³-hybridized carbons (Fsp3) is 0.0137. The van der Waals surface area contributed by atoms with E-state index < -0.39 is 5.41 Å². The van der Waals surface area contributed by atoms with E-state index in [0.717, 1.165) is 83.7 Å². The molecule has 76 heavy (non-hydrogen) atoms. The maximum atomic E-state index is 6.60. The highest BCUT2D eigenvalue weighted by Crippen LogP contribution is 2.65. The van der Waals surface area contributed by atoms with Gasteiger partial charge < -0.3 is 13.9 Å². The van der Waals surface area contributed by atoms with Crippen molar-refractivity contribution in [2.45, 2.75) is 5.41 Å². The van der Waals surface area contributed by atoms with Gasteiger partial charge in [0.25, 0.3) is 0 Å². The molecule has 3 heteroatoms. The summed E-state index contributed by atoms with van der Waals surface area (Å²) in [6, 6.07) is 103.